The standard InChI is InChI=1S/C25H34O8/c1-14-10-16-17-5-8-25(31,20(28)13-33-32-9-6-21(29)30)24(17,3)12-19(27)22(16)23(2)7-4-15(26)11-18(14)23/h4,7,11,14,16-17,19,22,27,31H,5-6,8-10,12-13H2,1-3H3,(H,29,30)/t14?,16-,17-,19?,22+,23-,24-,25-/m0/s1. The van der Waals surface area contributed by atoms with Crippen molar-refractivity contribution in [2.75, 3.05) is 13.2 Å². The van der Waals surface area contributed by atoms with Gasteiger partial charge in [-0.3, -0.25) is 14.4 Å². The first kappa shape index (κ1) is 24.3. The van der Waals surface area contributed by atoms with Gasteiger partial charge < -0.3 is 15.3 Å². The zero-order chi connectivity index (χ0) is 24.2. The molecule has 182 valence electrons. The van der Waals surface area contributed by atoms with Crippen molar-refractivity contribution in [2.45, 2.75) is 64.6 Å². The maximum absolute atomic E-state index is 13.1. The zero-order valence-corrected chi connectivity index (χ0v) is 19.5. The van der Waals surface area contributed by atoms with Gasteiger partial charge in [0.15, 0.2) is 11.6 Å². The highest BCUT2D eigenvalue weighted by atomic mass is 17.2. The van der Waals surface area contributed by atoms with Gasteiger partial charge in [-0.05, 0) is 55.6 Å². The predicted molar refractivity (Wildman–Crippen MR) is 117 cm³/mol. The molecule has 0 amide bonds. The first-order valence-corrected chi connectivity index (χ1v) is 11.8. The molecular formula is C25H34O8. The Morgan fingerprint density at radius 2 is 1.97 bits per heavy atom. The van der Waals surface area contributed by atoms with Crippen LogP contribution in [0.25, 0.3) is 0 Å². The average Bonchev–Trinajstić information content (AvgIpc) is 3.00. The van der Waals surface area contributed by atoms with E-state index < -0.39 is 40.9 Å². The number of fused-ring (bicyclic) bond motifs is 5. The number of carboxylic acid groups (broad SMARTS) is 1. The van der Waals surface area contributed by atoms with E-state index in [0.29, 0.717) is 6.42 Å². The summed E-state index contributed by atoms with van der Waals surface area (Å²) in [7, 11) is 0. The molecule has 0 bridgehead atoms. The molecule has 4 aliphatic carbocycles. The van der Waals surface area contributed by atoms with Crippen molar-refractivity contribution in [1.82, 2.24) is 0 Å². The quantitative estimate of drug-likeness (QED) is 0.298. The minimum atomic E-state index is -1.65. The Labute approximate surface area is 193 Å². The molecule has 0 aliphatic heterocycles. The molecule has 4 aliphatic rings. The molecule has 0 aromatic carbocycles. The van der Waals surface area contributed by atoms with E-state index in [1.165, 1.54) is 0 Å². The van der Waals surface area contributed by atoms with Gasteiger partial charge in [-0.2, -0.15) is 0 Å². The summed E-state index contributed by atoms with van der Waals surface area (Å²) >= 11 is 0. The smallest absolute Gasteiger partial charge is 0.305 e. The van der Waals surface area contributed by atoms with Gasteiger partial charge in [0, 0.05) is 16.7 Å². The first-order valence-electron chi connectivity index (χ1n) is 11.8. The average molecular weight is 463 g/mol. The zero-order valence-electron chi connectivity index (χ0n) is 19.5. The van der Waals surface area contributed by atoms with Crippen LogP contribution in [0.1, 0.15) is 52.9 Å². The van der Waals surface area contributed by atoms with Crippen LogP contribution in [0.2, 0.25) is 0 Å². The number of aliphatic hydroxyl groups excluding tert-OH is 1. The summed E-state index contributed by atoms with van der Waals surface area (Å²) in [5.41, 5.74) is -1.84. The van der Waals surface area contributed by atoms with Gasteiger partial charge in [-0.15, -0.1) is 0 Å². The molecule has 0 saturated heterocycles. The summed E-state index contributed by atoms with van der Waals surface area (Å²) in [5, 5.41) is 31.7. The van der Waals surface area contributed by atoms with E-state index in [1.54, 1.807) is 12.2 Å². The van der Waals surface area contributed by atoms with Crippen molar-refractivity contribution < 1.29 is 39.5 Å². The lowest BCUT2D eigenvalue weighted by atomic mass is 9.45. The van der Waals surface area contributed by atoms with Crippen molar-refractivity contribution in [1.29, 1.82) is 0 Å². The normalized spacial score (nSPS) is 44.0. The number of carboxylic acids is 1. The van der Waals surface area contributed by atoms with Crippen LogP contribution < -0.4 is 0 Å². The van der Waals surface area contributed by atoms with Crippen molar-refractivity contribution >= 4 is 17.5 Å². The number of hydrogen-bond acceptors (Lipinski definition) is 7. The fraction of sp³-hybridized carbons (Fsp3) is 0.720. The third kappa shape index (κ3) is 3.71. The van der Waals surface area contributed by atoms with Gasteiger partial charge >= 0.3 is 5.97 Å². The largest absolute Gasteiger partial charge is 0.481 e. The molecule has 3 N–H and O–H groups in total. The molecule has 3 saturated carbocycles. The summed E-state index contributed by atoms with van der Waals surface area (Å²) in [6, 6.07) is 0. The van der Waals surface area contributed by atoms with Crippen LogP contribution in [0.3, 0.4) is 0 Å². The van der Waals surface area contributed by atoms with Crippen molar-refractivity contribution in [3.05, 3.63) is 23.8 Å². The molecule has 0 heterocycles. The van der Waals surface area contributed by atoms with Crippen LogP contribution in [0.5, 0.6) is 0 Å². The number of carbonyl (C=O) groups excluding carboxylic acids is 2. The molecule has 0 aromatic rings. The number of carbonyl (C=O) groups is 3. The minimum Gasteiger partial charge on any atom is -0.481 e. The van der Waals surface area contributed by atoms with Gasteiger partial charge in [-0.1, -0.05) is 32.4 Å². The molecule has 3 fully saturated rings. The summed E-state index contributed by atoms with van der Waals surface area (Å²) in [5.74, 6) is -1.35. The Bertz CT molecular complexity index is 908. The fourth-order valence-corrected chi connectivity index (χ4v) is 7.61. The number of ketones is 2. The third-order valence-corrected chi connectivity index (χ3v) is 9.10. The number of Topliss-reactive ketones (excluding diaryl/α,β-unsaturated/α-hetero) is 1. The van der Waals surface area contributed by atoms with Crippen LogP contribution in [-0.4, -0.2) is 57.8 Å². The molecule has 4 rings (SSSR count). The van der Waals surface area contributed by atoms with E-state index in [2.05, 4.69) is 13.8 Å². The van der Waals surface area contributed by atoms with Crippen LogP contribution >= 0.6 is 0 Å². The van der Waals surface area contributed by atoms with E-state index in [4.69, 9.17) is 14.9 Å². The second kappa shape index (κ2) is 8.41. The lowest BCUT2D eigenvalue weighted by molar-refractivity contribution is -0.292. The highest BCUT2D eigenvalue weighted by Gasteiger charge is 2.68. The molecule has 0 aromatic heterocycles. The Hall–Kier alpha value is -1.87. The van der Waals surface area contributed by atoms with Gasteiger partial charge in [0.2, 0.25) is 0 Å². The molecule has 0 radical (unpaired) electrons. The maximum Gasteiger partial charge on any atom is 0.305 e. The van der Waals surface area contributed by atoms with Gasteiger partial charge in [0.25, 0.3) is 0 Å². The summed E-state index contributed by atoms with van der Waals surface area (Å²) < 4.78 is 0. The van der Waals surface area contributed by atoms with Gasteiger partial charge in [0.1, 0.15) is 12.2 Å². The lowest BCUT2D eigenvalue weighted by Crippen LogP contribution is -2.62. The third-order valence-electron chi connectivity index (χ3n) is 9.10. The van der Waals surface area contributed by atoms with Crippen LogP contribution in [0.4, 0.5) is 0 Å². The molecule has 8 heteroatoms. The highest BCUT2D eigenvalue weighted by molar-refractivity contribution is 6.01. The van der Waals surface area contributed by atoms with Crippen LogP contribution in [0, 0.1) is 34.5 Å². The number of rotatable bonds is 7. The van der Waals surface area contributed by atoms with E-state index in [-0.39, 0.29) is 55.3 Å². The summed E-state index contributed by atoms with van der Waals surface area (Å²) in [4.78, 5) is 45.4. The topological polar surface area (TPSA) is 130 Å². The monoisotopic (exact) mass is 462 g/mol. The molecule has 2 unspecified atom stereocenters. The second-order valence-electron chi connectivity index (χ2n) is 10.8. The Morgan fingerprint density at radius 1 is 1.24 bits per heavy atom. The fourth-order valence-electron chi connectivity index (χ4n) is 7.61. The first-order chi connectivity index (χ1) is 15.4. The summed E-state index contributed by atoms with van der Waals surface area (Å²) in [6.07, 6.45) is 6.29. The Balaban J connectivity index is 1.55. The lowest BCUT2D eigenvalue weighted by Gasteiger charge is -2.60. The molecular weight excluding hydrogens is 428 g/mol. The number of aliphatic carboxylic acids is 1. The van der Waals surface area contributed by atoms with E-state index in [1.807, 2.05) is 13.0 Å². The predicted octanol–water partition coefficient (Wildman–Crippen LogP) is 2.23. The number of allylic oxidation sites excluding steroid dienone is 4. The summed E-state index contributed by atoms with van der Waals surface area (Å²) in [6.45, 7) is 5.43. The molecule has 8 nitrogen and oxygen atoms in total. The van der Waals surface area contributed by atoms with E-state index >= 15 is 0 Å². The van der Waals surface area contributed by atoms with E-state index in [0.717, 1.165) is 12.0 Å². The van der Waals surface area contributed by atoms with Crippen molar-refractivity contribution in [3.63, 3.8) is 0 Å². The maximum atomic E-state index is 13.1. The van der Waals surface area contributed by atoms with Crippen LogP contribution in [-0.2, 0) is 24.2 Å². The highest BCUT2D eigenvalue weighted by Crippen LogP contribution is 2.67. The SMILES string of the molecule is CC1C[C@@H]2[C@H](C(O)C[C@@]3(C)[C@H]2CC[C@]3(O)C(=O)COOCCC(=O)O)[C@@]2(C)C=CC(=O)C=C12. The molecule has 0 spiro atoms. The minimum absolute atomic E-state index is 0.0191. The van der Waals surface area contributed by atoms with Crippen molar-refractivity contribution in [2.24, 2.45) is 34.5 Å². The number of aliphatic hydroxyl groups is 2. The molecule has 33 heavy (non-hydrogen) atoms. The molecule has 8 atom stereocenters. The van der Waals surface area contributed by atoms with Gasteiger partial charge in [0.05, 0.1) is 19.1 Å². The van der Waals surface area contributed by atoms with Crippen LogP contribution in [0.15, 0.2) is 23.8 Å². The Kier molecular flexibility index (Phi) is 6.18. The number of hydrogen-bond donors (Lipinski definition) is 3. The Morgan fingerprint density at radius 3 is 2.67 bits per heavy atom. The van der Waals surface area contributed by atoms with Gasteiger partial charge in [-0.25, -0.2) is 9.78 Å². The van der Waals surface area contributed by atoms with E-state index in [9.17, 15) is 24.6 Å². The van der Waals surface area contributed by atoms with Crippen molar-refractivity contribution in [3.8, 4) is 0 Å². The second-order valence-corrected chi connectivity index (χ2v) is 10.8.